The van der Waals surface area contributed by atoms with Gasteiger partial charge in [-0.15, -0.1) is 11.3 Å². The summed E-state index contributed by atoms with van der Waals surface area (Å²) in [6.07, 6.45) is 0. The van der Waals surface area contributed by atoms with Crippen LogP contribution < -0.4 is 5.32 Å². The number of benzene rings is 1. The van der Waals surface area contributed by atoms with Crippen LogP contribution in [0.3, 0.4) is 0 Å². The monoisotopic (exact) mass is 280 g/mol. The van der Waals surface area contributed by atoms with Gasteiger partial charge in [-0.2, -0.15) is 0 Å². The molecule has 4 heteroatoms. The Bertz CT molecular complexity index is 536. The molecule has 0 aliphatic carbocycles. The number of hydrogen-bond acceptors (Lipinski definition) is 3. The molecule has 1 aromatic carbocycles. The first kappa shape index (κ1) is 13.5. The van der Waals surface area contributed by atoms with Gasteiger partial charge in [-0.05, 0) is 38.5 Å². The summed E-state index contributed by atoms with van der Waals surface area (Å²) in [4.78, 5) is 5.86. The fourth-order valence-corrected chi connectivity index (χ4v) is 3.09. The van der Waals surface area contributed by atoms with Gasteiger partial charge in [0.25, 0.3) is 0 Å². The van der Waals surface area contributed by atoms with Crippen LogP contribution in [-0.4, -0.2) is 4.98 Å². The van der Waals surface area contributed by atoms with Crippen LogP contribution in [0.1, 0.15) is 34.1 Å². The van der Waals surface area contributed by atoms with Crippen molar-refractivity contribution in [3.8, 4) is 0 Å². The van der Waals surface area contributed by atoms with Gasteiger partial charge in [0.15, 0.2) is 0 Å². The number of thiazole rings is 1. The highest BCUT2D eigenvalue weighted by Crippen LogP contribution is 2.22. The molecular formula is C14H17ClN2S. The first-order valence-corrected chi connectivity index (χ1v) is 7.17. The Balaban J connectivity index is 2.00. The van der Waals surface area contributed by atoms with Crippen LogP contribution in [0.15, 0.2) is 24.3 Å². The number of nitrogens with zero attached hydrogens (tertiary/aromatic N) is 1. The number of hydrogen-bond donors (Lipinski definition) is 1. The molecule has 0 saturated heterocycles. The number of nitrogens with one attached hydrogen (secondary N) is 1. The van der Waals surface area contributed by atoms with Gasteiger partial charge in [0.1, 0.15) is 0 Å². The molecule has 2 nitrogen and oxygen atoms in total. The van der Waals surface area contributed by atoms with Gasteiger partial charge in [0.05, 0.1) is 10.7 Å². The quantitative estimate of drug-likeness (QED) is 0.905. The Kier molecular flexibility index (Phi) is 4.38. The molecule has 2 aromatic rings. The molecule has 1 N–H and O–H groups in total. The molecule has 0 saturated carbocycles. The predicted octanol–water partition coefficient (Wildman–Crippen LogP) is 4.26. The zero-order chi connectivity index (χ0) is 13.1. The second-order valence-corrected chi connectivity index (χ2v) is 6.25. The smallest absolute Gasteiger partial charge is 0.0900 e. The zero-order valence-electron chi connectivity index (χ0n) is 10.8. The largest absolute Gasteiger partial charge is 0.305 e. The molecule has 0 aliphatic rings. The Morgan fingerprint density at radius 3 is 2.78 bits per heavy atom. The summed E-state index contributed by atoms with van der Waals surface area (Å²) >= 11 is 7.72. The fraction of sp³-hybridized carbons (Fsp3) is 0.357. The fourth-order valence-electron chi connectivity index (χ4n) is 1.96. The highest BCUT2D eigenvalue weighted by atomic mass is 35.5. The Hall–Kier alpha value is -0.900. The molecule has 1 heterocycles. The third kappa shape index (κ3) is 3.31. The second-order valence-electron chi connectivity index (χ2n) is 4.41. The summed E-state index contributed by atoms with van der Waals surface area (Å²) in [6, 6.07) is 8.18. The first-order valence-electron chi connectivity index (χ1n) is 5.98. The summed E-state index contributed by atoms with van der Waals surface area (Å²) in [5.74, 6) is 0. The third-order valence-electron chi connectivity index (χ3n) is 2.85. The van der Waals surface area contributed by atoms with Crippen LogP contribution in [-0.2, 0) is 6.54 Å². The van der Waals surface area contributed by atoms with Crippen molar-refractivity contribution >= 4 is 22.9 Å². The summed E-state index contributed by atoms with van der Waals surface area (Å²) in [5.41, 5.74) is 2.35. The number of aromatic nitrogens is 1. The van der Waals surface area contributed by atoms with Crippen LogP contribution in [0.25, 0.3) is 0 Å². The van der Waals surface area contributed by atoms with Crippen LogP contribution in [0.2, 0.25) is 5.02 Å². The van der Waals surface area contributed by atoms with Gasteiger partial charge in [-0.25, -0.2) is 4.98 Å². The molecule has 18 heavy (non-hydrogen) atoms. The number of rotatable bonds is 4. The van der Waals surface area contributed by atoms with E-state index in [1.807, 2.05) is 25.1 Å². The van der Waals surface area contributed by atoms with Gasteiger partial charge in [-0.1, -0.05) is 23.7 Å². The molecule has 0 aliphatic heterocycles. The SMILES string of the molecule is Cc1nc(C(C)NCc2cccc(Cl)c2)c(C)s1. The zero-order valence-corrected chi connectivity index (χ0v) is 12.4. The molecule has 0 spiro atoms. The summed E-state index contributed by atoms with van der Waals surface area (Å²) < 4.78 is 0. The Labute approximate surface area is 117 Å². The van der Waals surface area contributed by atoms with Crippen molar-refractivity contribution < 1.29 is 0 Å². The normalized spacial score (nSPS) is 12.7. The number of aryl methyl sites for hydroxylation is 2. The minimum Gasteiger partial charge on any atom is -0.305 e. The van der Waals surface area contributed by atoms with Crippen LogP contribution >= 0.6 is 22.9 Å². The molecular weight excluding hydrogens is 264 g/mol. The van der Waals surface area contributed by atoms with E-state index >= 15 is 0 Å². The van der Waals surface area contributed by atoms with Crippen molar-refractivity contribution in [3.63, 3.8) is 0 Å². The average Bonchev–Trinajstić information content (AvgIpc) is 2.66. The predicted molar refractivity (Wildman–Crippen MR) is 78.3 cm³/mol. The van der Waals surface area contributed by atoms with Crippen molar-refractivity contribution in [1.82, 2.24) is 10.3 Å². The van der Waals surface area contributed by atoms with E-state index in [2.05, 4.69) is 30.2 Å². The topological polar surface area (TPSA) is 24.9 Å². The van der Waals surface area contributed by atoms with Gasteiger partial charge in [-0.3, -0.25) is 0 Å². The summed E-state index contributed by atoms with van der Waals surface area (Å²) in [5, 5.41) is 5.39. The van der Waals surface area contributed by atoms with Gasteiger partial charge in [0.2, 0.25) is 0 Å². The molecule has 0 fully saturated rings. The molecule has 0 radical (unpaired) electrons. The van der Waals surface area contributed by atoms with E-state index in [0.29, 0.717) is 0 Å². The second kappa shape index (κ2) is 5.83. The Morgan fingerprint density at radius 1 is 1.39 bits per heavy atom. The van der Waals surface area contributed by atoms with E-state index in [1.165, 1.54) is 10.4 Å². The van der Waals surface area contributed by atoms with E-state index in [9.17, 15) is 0 Å². The Morgan fingerprint density at radius 2 is 2.17 bits per heavy atom. The summed E-state index contributed by atoms with van der Waals surface area (Å²) in [7, 11) is 0. The van der Waals surface area contributed by atoms with E-state index in [1.54, 1.807) is 11.3 Å². The van der Waals surface area contributed by atoms with Gasteiger partial charge in [0, 0.05) is 22.5 Å². The van der Waals surface area contributed by atoms with E-state index in [4.69, 9.17) is 11.6 Å². The first-order chi connectivity index (χ1) is 8.56. The lowest BCUT2D eigenvalue weighted by Crippen LogP contribution is -2.19. The lowest BCUT2D eigenvalue weighted by molar-refractivity contribution is 0.561. The molecule has 0 bridgehead atoms. The van der Waals surface area contributed by atoms with E-state index in [-0.39, 0.29) is 6.04 Å². The highest BCUT2D eigenvalue weighted by Gasteiger charge is 2.12. The van der Waals surface area contributed by atoms with Crippen LogP contribution in [0, 0.1) is 13.8 Å². The maximum absolute atomic E-state index is 5.97. The lowest BCUT2D eigenvalue weighted by Gasteiger charge is -2.12. The lowest BCUT2D eigenvalue weighted by atomic mass is 10.2. The van der Waals surface area contributed by atoms with Crippen molar-refractivity contribution in [2.24, 2.45) is 0 Å². The molecule has 0 amide bonds. The molecule has 2 rings (SSSR count). The van der Waals surface area contributed by atoms with Gasteiger partial charge >= 0.3 is 0 Å². The van der Waals surface area contributed by atoms with E-state index < -0.39 is 0 Å². The standard InChI is InChI=1S/C14H17ClN2S/c1-9(14-10(2)18-11(3)17-14)16-8-12-5-4-6-13(15)7-12/h4-7,9,16H,8H2,1-3H3. The summed E-state index contributed by atoms with van der Waals surface area (Å²) in [6.45, 7) is 7.12. The van der Waals surface area contributed by atoms with Crippen LogP contribution in [0.4, 0.5) is 0 Å². The van der Waals surface area contributed by atoms with Crippen molar-refractivity contribution in [3.05, 3.63) is 50.4 Å². The average molecular weight is 281 g/mol. The molecule has 1 aromatic heterocycles. The van der Waals surface area contributed by atoms with Crippen molar-refractivity contribution in [1.29, 1.82) is 0 Å². The van der Waals surface area contributed by atoms with E-state index in [0.717, 1.165) is 22.3 Å². The minimum absolute atomic E-state index is 0.258. The molecule has 1 atom stereocenters. The van der Waals surface area contributed by atoms with Crippen LogP contribution in [0.5, 0.6) is 0 Å². The number of halogens is 1. The maximum Gasteiger partial charge on any atom is 0.0900 e. The molecule has 1 unspecified atom stereocenters. The third-order valence-corrected chi connectivity index (χ3v) is 3.99. The van der Waals surface area contributed by atoms with Crippen molar-refractivity contribution in [2.45, 2.75) is 33.4 Å². The maximum atomic E-state index is 5.97. The van der Waals surface area contributed by atoms with Crippen molar-refractivity contribution in [2.75, 3.05) is 0 Å². The molecule has 96 valence electrons. The van der Waals surface area contributed by atoms with Gasteiger partial charge < -0.3 is 5.32 Å². The highest BCUT2D eigenvalue weighted by molar-refractivity contribution is 7.11. The minimum atomic E-state index is 0.258.